The lowest BCUT2D eigenvalue weighted by atomic mass is 10.2. The zero-order valence-electron chi connectivity index (χ0n) is 10.1. The number of aromatic nitrogens is 2. The topological polar surface area (TPSA) is 70.3 Å². The number of anilines is 1. The molecule has 0 amide bonds. The maximum atomic E-state index is 12.6. The van der Waals surface area contributed by atoms with Gasteiger partial charge in [0.2, 0.25) is 5.82 Å². The van der Waals surface area contributed by atoms with E-state index in [-0.39, 0.29) is 22.5 Å². The standard InChI is InChI=1S/C11H10F3N3O2/c1-18-7-3-5-6(4-8(7)19-2)16-10(11(12,13)14)17-9(5)15/h3-4H,1-2H3,(H2,15,16,17). The van der Waals surface area contributed by atoms with Crippen LogP contribution in [0, 0.1) is 0 Å². The van der Waals surface area contributed by atoms with Gasteiger partial charge in [0.25, 0.3) is 0 Å². The molecule has 8 heteroatoms. The van der Waals surface area contributed by atoms with Crippen molar-refractivity contribution in [2.24, 2.45) is 0 Å². The molecule has 2 N–H and O–H groups in total. The second kappa shape index (κ2) is 4.45. The average molecular weight is 273 g/mol. The number of halogens is 3. The van der Waals surface area contributed by atoms with Gasteiger partial charge < -0.3 is 15.2 Å². The Morgan fingerprint density at radius 1 is 1.05 bits per heavy atom. The van der Waals surface area contributed by atoms with Gasteiger partial charge in [0.1, 0.15) is 5.82 Å². The fraction of sp³-hybridized carbons (Fsp3) is 0.273. The van der Waals surface area contributed by atoms with Crippen LogP contribution in [0.4, 0.5) is 19.0 Å². The minimum atomic E-state index is -4.66. The van der Waals surface area contributed by atoms with E-state index in [2.05, 4.69) is 9.97 Å². The fourth-order valence-electron chi connectivity index (χ4n) is 1.61. The van der Waals surface area contributed by atoms with E-state index in [1.807, 2.05) is 0 Å². The van der Waals surface area contributed by atoms with Gasteiger partial charge in [-0.25, -0.2) is 9.97 Å². The third-order valence-corrected chi connectivity index (χ3v) is 2.48. The zero-order chi connectivity index (χ0) is 14.2. The van der Waals surface area contributed by atoms with Crippen LogP contribution < -0.4 is 15.2 Å². The Kier molecular flexibility index (Phi) is 3.09. The van der Waals surface area contributed by atoms with Crippen LogP contribution in [0.5, 0.6) is 11.5 Å². The van der Waals surface area contributed by atoms with Crippen molar-refractivity contribution < 1.29 is 22.6 Å². The van der Waals surface area contributed by atoms with Gasteiger partial charge >= 0.3 is 6.18 Å². The van der Waals surface area contributed by atoms with E-state index in [4.69, 9.17) is 15.2 Å². The summed E-state index contributed by atoms with van der Waals surface area (Å²) in [7, 11) is 2.78. The molecule has 0 fully saturated rings. The SMILES string of the molecule is COc1cc2nc(C(F)(F)F)nc(N)c2cc1OC. The first-order chi connectivity index (χ1) is 8.86. The molecular formula is C11H10F3N3O2. The molecule has 19 heavy (non-hydrogen) atoms. The first-order valence-electron chi connectivity index (χ1n) is 5.13. The van der Waals surface area contributed by atoms with Gasteiger partial charge in [-0.05, 0) is 6.07 Å². The predicted octanol–water partition coefficient (Wildman–Crippen LogP) is 2.25. The molecule has 0 aliphatic heterocycles. The fourth-order valence-corrected chi connectivity index (χ4v) is 1.61. The third-order valence-electron chi connectivity index (χ3n) is 2.48. The summed E-state index contributed by atoms with van der Waals surface area (Å²) in [5.41, 5.74) is 5.56. The van der Waals surface area contributed by atoms with Crippen molar-refractivity contribution >= 4 is 16.7 Å². The number of hydrogen-bond acceptors (Lipinski definition) is 5. The smallest absolute Gasteiger partial charge is 0.451 e. The summed E-state index contributed by atoms with van der Waals surface area (Å²) in [6.45, 7) is 0. The van der Waals surface area contributed by atoms with E-state index in [0.29, 0.717) is 5.75 Å². The van der Waals surface area contributed by atoms with Crippen LogP contribution in [-0.2, 0) is 6.18 Å². The van der Waals surface area contributed by atoms with Gasteiger partial charge in [-0.15, -0.1) is 0 Å². The molecule has 2 aromatic rings. The molecule has 0 saturated carbocycles. The van der Waals surface area contributed by atoms with Crippen LogP contribution in [0.15, 0.2) is 12.1 Å². The Hall–Kier alpha value is -2.25. The Bertz CT molecular complexity index is 629. The van der Waals surface area contributed by atoms with E-state index in [9.17, 15) is 13.2 Å². The van der Waals surface area contributed by atoms with Crippen molar-refractivity contribution in [1.82, 2.24) is 9.97 Å². The van der Waals surface area contributed by atoms with Crippen LogP contribution in [0.3, 0.4) is 0 Å². The van der Waals surface area contributed by atoms with Crippen LogP contribution in [0.25, 0.3) is 10.9 Å². The monoisotopic (exact) mass is 273 g/mol. The van der Waals surface area contributed by atoms with Crippen LogP contribution in [-0.4, -0.2) is 24.2 Å². The highest BCUT2D eigenvalue weighted by atomic mass is 19.4. The molecule has 1 heterocycles. The van der Waals surface area contributed by atoms with Crippen molar-refractivity contribution in [1.29, 1.82) is 0 Å². The molecule has 0 saturated heterocycles. The van der Waals surface area contributed by atoms with Crippen molar-refractivity contribution in [2.75, 3.05) is 20.0 Å². The molecule has 0 unspecified atom stereocenters. The Balaban J connectivity index is 2.74. The lowest BCUT2D eigenvalue weighted by molar-refractivity contribution is -0.144. The number of ether oxygens (including phenoxy) is 2. The van der Waals surface area contributed by atoms with Crippen LogP contribution in [0.2, 0.25) is 0 Å². The average Bonchev–Trinajstić information content (AvgIpc) is 2.36. The minimum absolute atomic E-state index is 0.0393. The number of nitrogens with zero attached hydrogens (tertiary/aromatic N) is 2. The van der Waals surface area contributed by atoms with Gasteiger partial charge in [0.15, 0.2) is 11.5 Å². The van der Waals surface area contributed by atoms with Gasteiger partial charge in [0, 0.05) is 11.5 Å². The molecule has 0 atom stereocenters. The number of rotatable bonds is 2. The van der Waals surface area contributed by atoms with Crippen LogP contribution >= 0.6 is 0 Å². The summed E-state index contributed by atoms with van der Waals surface area (Å²) in [5, 5.41) is 0.269. The van der Waals surface area contributed by atoms with E-state index >= 15 is 0 Å². The molecule has 0 aliphatic carbocycles. The molecule has 0 bridgehead atoms. The van der Waals surface area contributed by atoms with E-state index < -0.39 is 12.0 Å². The highest BCUT2D eigenvalue weighted by Gasteiger charge is 2.35. The molecule has 0 aliphatic rings. The number of benzene rings is 1. The maximum absolute atomic E-state index is 12.6. The first-order valence-corrected chi connectivity index (χ1v) is 5.13. The number of alkyl halides is 3. The highest BCUT2D eigenvalue weighted by molar-refractivity contribution is 5.90. The lowest BCUT2D eigenvalue weighted by Crippen LogP contribution is -2.12. The van der Waals surface area contributed by atoms with E-state index in [1.54, 1.807) is 0 Å². The second-order valence-electron chi connectivity index (χ2n) is 3.65. The van der Waals surface area contributed by atoms with Crippen molar-refractivity contribution in [3.63, 3.8) is 0 Å². The Morgan fingerprint density at radius 2 is 1.63 bits per heavy atom. The van der Waals surface area contributed by atoms with Crippen molar-refractivity contribution in [3.05, 3.63) is 18.0 Å². The molecule has 0 spiro atoms. The summed E-state index contributed by atoms with van der Waals surface area (Å²) in [6.07, 6.45) is -4.66. The number of methoxy groups -OCH3 is 2. The molecule has 1 aromatic heterocycles. The molecular weight excluding hydrogens is 263 g/mol. The van der Waals surface area contributed by atoms with E-state index in [0.717, 1.165) is 0 Å². The summed E-state index contributed by atoms with van der Waals surface area (Å²) in [4.78, 5) is 6.69. The van der Waals surface area contributed by atoms with Gasteiger partial charge in [-0.3, -0.25) is 0 Å². The number of hydrogen-bond donors (Lipinski definition) is 1. The second-order valence-corrected chi connectivity index (χ2v) is 3.65. The molecule has 1 aromatic carbocycles. The maximum Gasteiger partial charge on any atom is 0.451 e. The summed E-state index contributed by atoms with van der Waals surface area (Å²) >= 11 is 0. The van der Waals surface area contributed by atoms with Gasteiger partial charge in [-0.2, -0.15) is 13.2 Å². The number of fused-ring (bicyclic) bond motifs is 1. The Morgan fingerprint density at radius 3 is 2.16 bits per heavy atom. The number of nitrogens with two attached hydrogens (primary N) is 1. The highest BCUT2D eigenvalue weighted by Crippen LogP contribution is 2.35. The van der Waals surface area contributed by atoms with Crippen molar-refractivity contribution in [2.45, 2.75) is 6.18 Å². The number of nitrogen functional groups attached to an aromatic ring is 1. The molecule has 2 rings (SSSR count). The largest absolute Gasteiger partial charge is 0.493 e. The molecule has 0 radical (unpaired) electrons. The van der Waals surface area contributed by atoms with E-state index in [1.165, 1.54) is 26.4 Å². The zero-order valence-corrected chi connectivity index (χ0v) is 10.1. The lowest BCUT2D eigenvalue weighted by Gasteiger charge is -2.11. The Labute approximate surface area is 106 Å². The normalized spacial score (nSPS) is 11.6. The van der Waals surface area contributed by atoms with Crippen molar-refractivity contribution in [3.8, 4) is 11.5 Å². The summed E-state index contributed by atoms with van der Waals surface area (Å²) in [6, 6.07) is 2.76. The van der Waals surface area contributed by atoms with Gasteiger partial charge in [0.05, 0.1) is 19.7 Å². The summed E-state index contributed by atoms with van der Waals surface area (Å²) in [5.74, 6) is -0.950. The third kappa shape index (κ3) is 2.33. The summed E-state index contributed by atoms with van der Waals surface area (Å²) < 4.78 is 47.8. The minimum Gasteiger partial charge on any atom is -0.493 e. The van der Waals surface area contributed by atoms with Gasteiger partial charge in [-0.1, -0.05) is 0 Å². The molecule has 102 valence electrons. The van der Waals surface area contributed by atoms with Crippen LogP contribution in [0.1, 0.15) is 5.82 Å². The quantitative estimate of drug-likeness (QED) is 0.908. The first kappa shape index (κ1) is 13.2. The molecule has 5 nitrogen and oxygen atoms in total. The predicted molar refractivity (Wildman–Crippen MR) is 62.1 cm³/mol.